The van der Waals surface area contributed by atoms with Crippen LogP contribution in [0, 0.1) is 5.82 Å². The van der Waals surface area contributed by atoms with E-state index in [0.29, 0.717) is 6.42 Å². The van der Waals surface area contributed by atoms with Gasteiger partial charge in [-0.3, -0.25) is 14.3 Å². The van der Waals surface area contributed by atoms with Gasteiger partial charge in [0, 0.05) is 54.6 Å². The standard InChI is InChI=1S/C36H46FN3O3S/c1-3-4-5-6-7-8-9-10-11-31(36(42)43-2)40-32-24-27(12-13-28(32)14-15-35(40)41)16-18-38-19-21-39(22-20-38)33-25-29(37)26-34-30(33)17-23-44-34/h12-15,17,23-26,31H,3-11,16,18-22H2,1-2H3. The second-order valence-electron chi connectivity index (χ2n) is 12.1. The molecule has 5 rings (SSSR count). The Kier molecular flexibility index (Phi) is 11.5. The Hall–Kier alpha value is -3.23. The number of halogens is 1. The fraction of sp³-hybridized carbons (Fsp3) is 0.500. The van der Waals surface area contributed by atoms with E-state index in [1.54, 1.807) is 34.1 Å². The summed E-state index contributed by atoms with van der Waals surface area (Å²) < 4.78 is 22.1. The van der Waals surface area contributed by atoms with Crippen LogP contribution in [-0.4, -0.2) is 55.3 Å². The Balaban J connectivity index is 1.22. The number of ether oxygens (including phenoxy) is 1. The van der Waals surface area contributed by atoms with E-state index in [-0.39, 0.29) is 17.3 Å². The van der Waals surface area contributed by atoms with Gasteiger partial charge >= 0.3 is 5.97 Å². The molecule has 0 saturated carbocycles. The number of piperazine rings is 1. The van der Waals surface area contributed by atoms with Gasteiger partial charge in [0.1, 0.15) is 11.9 Å². The summed E-state index contributed by atoms with van der Waals surface area (Å²) >= 11 is 1.58. The number of carbonyl (C=O) groups is 1. The molecule has 1 aliphatic heterocycles. The third-order valence-electron chi connectivity index (χ3n) is 9.06. The van der Waals surface area contributed by atoms with Crippen molar-refractivity contribution in [2.45, 2.75) is 77.2 Å². The molecule has 1 saturated heterocycles. The van der Waals surface area contributed by atoms with Crippen LogP contribution in [0.2, 0.25) is 0 Å². The number of pyridine rings is 1. The van der Waals surface area contributed by atoms with Crippen LogP contribution in [0.25, 0.3) is 21.0 Å². The lowest BCUT2D eigenvalue weighted by Crippen LogP contribution is -2.47. The number of carbonyl (C=O) groups excluding carboxylic acids is 1. The molecule has 3 heterocycles. The van der Waals surface area contributed by atoms with Crippen LogP contribution in [0.15, 0.2) is 58.7 Å². The maximum atomic E-state index is 14.3. The van der Waals surface area contributed by atoms with Gasteiger partial charge in [0.2, 0.25) is 0 Å². The molecule has 236 valence electrons. The normalized spacial score (nSPS) is 14.8. The second kappa shape index (κ2) is 15.7. The molecule has 0 N–H and O–H groups in total. The number of fused-ring (bicyclic) bond motifs is 2. The minimum absolute atomic E-state index is 0.169. The van der Waals surface area contributed by atoms with E-state index in [1.807, 2.05) is 11.4 Å². The molecule has 0 bridgehead atoms. The van der Waals surface area contributed by atoms with Crippen molar-refractivity contribution >= 4 is 44.0 Å². The molecule has 1 atom stereocenters. The number of esters is 1. The number of rotatable bonds is 15. The number of hydrogen-bond acceptors (Lipinski definition) is 6. The summed E-state index contributed by atoms with van der Waals surface area (Å²) in [6.07, 6.45) is 10.8. The van der Waals surface area contributed by atoms with Crippen molar-refractivity contribution in [2.75, 3.05) is 44.7 Å². The van der Waals surface area contributed by atoms with Gasteiger partial charge in [-0.15, -0.1) is 11.3 Å². The molecular weight excluding hydrogens is 573 g/mol. The molecule has 44 heavy (non-hydrogen) atoms. The Morgan fingerprint density at radius 1 is 0.932 bits per heavy atom. The summed E-state index contributed by atoms with van der Waals surface area (Å²) in [5, 5.41) is 4.10. The highest BCUT2D eigenvalue weighted by atomic mass is 32.1. The number of benzene rings is 2. The average Bonchev–Trinajstić information content (AvgIpc) is 3.51. The first kappa shape index (κ1) is 32.2. The first-order chi connectivity index (χ1) is 21.5. The summed E-state index contributed by atoms with van der Waals surface area (Å²) in [5.41, 5.74) is 2.75. The highest BCUT2D eigenvalue weighted by Crippen LogP contribution is 2.32. The highest BCUT2D eigenvalue weighted by molar-refractivity contribution is 7.17. The van der Waals surface area contributed by atoms with Crippen LogP contribution in [0.1, 0.15) is 76.3 Å². The van der Waals surface area contributed by atoms with E-state index in [9.17, 15) is 14.0 Å². The lowest BCUT2D eigenvalue weighted by Gasteiger charge is -2.36. The van der Waals surface area contributed by atoms with E-state index in [1.165, 1.54) is 39.2 Å². The zero-order valence-electron chi connectivity index (χ0n) is 26.2. The van der Waals surface area contributed by atoms with Crippen molar-refractivity contribution in [3.63, 3.8) is 0 Å². The van der Waals surface area contributed by atoms with Crippen LogP contribution in [0.3, 0.4) is 0 Å². The van der Waals surface area contributed by atoms with Crippen molar-refractivity contribution in [2.24, 2.45) is 0 Å². The third-order valence-corrected chi connectivity index (χ3v) is 9.92. The number of methoxy groups -OCH3 is 1. The fourth-order valence-corrected chi connectivity index (χ4v) is 7.35. The summed E-state index contributed by atoms with van der Waals surface area (Å²) in [6, 6.07) is 14.4. The SMILES string of the molecule is CCCCCCCCCCC(C(=O)OC)n1c(=O)ccc2ccc(CCN3CCN(c4cc(F)cc5sccc45)CC3)cc21. The monoisotopic (exact) mass is 619 g/mol. The lowest BCUT2D eigenvalue weighted by atomic mass is 10.0. The van der Waals surface area contributed by atoms with Crippen LogP contribution >= 0.6 is 11.3 Å². The maximum absolute atomic E-state index is 14.3. The number of anilines is 1. The predicted octanol–water partition coefficient (Wildman–Crippen LogP) is 7.96. The Bertz CT molecular complexity index is 1590. The number of hydrogen-bond donors (Lipinski definition) is 0. The average molecular weight is 620 g/mol. The molecule has 6 nitrogen and oxygen atoms in total. The van der Waals surface area contributed by atoms with Crippen molar-refractivity contribution < 1.29 is 13.9 Å². The van der Waals surface area contributed by atoms with E-state index >= 15 is 0 Å². The molecule has 8 heteroatoms. The summed E-state index contributed by atoms with van der Waals surface area (Å²) in [6.45, 7) is 6.64. The lowest BCUT2D eigenvalue weighted by molar-refractivity contribution is -0.144. The molecule has 1 unspecified atom stereocenters. The number of thiophene rings is 1. The summed E-state index contributed by atoms with van der Waals surface area (Å²) in [5.74, 6) is -0.539. The summed E-state index contributed by atoms with van der Waals surface area (Å²) in [7, 11) is 1.40. The fourth-order valence-electron chi connectivity index (χ4n) is 6.52. The van der Waals surface area contributed by atoms with Gasteiger partial charge in [0.15, 0.2) is 0 Å². The third kappa shape index (κ3) is 7.88. The molecule has 2 aromatic heterocycles. The van der Waals surface area contributed by atoms with Crippen molar-refractivity contribution in [1.82, 2.24) is 9.47 Å². The van der Waals surface area contributed by atoms with E-state index in [2.05, 4.69) is 41.0 Å². The van der Waals surface area contributed by atoms with Gasteiger partial charge in [-0.1, -0.05) is 70.4 Å². The van der Waals surface area contributed by atoms with Gasteiger partial charge < -0.3 is 9.64 Å². The molecular formula is C36H46FN3O3S. The van der Waals surface area contributed by atoms with Crippen molar-refractivity contribution in [1.29, 1.82) is 0 Å². The number of nitrogens with zero attached hydrogens (tertiary/aromatic N) is 3. The van der Waals surface area contributed by atoms with Crippen molar-refractivity contribution in [3.8, 4) is 0 Å². The minimum atomic E-state index is -0.628. The largest absolute Gasteiger partial charge is 0.467 e. The predicted molar refractivity (Wildman–Crippen MR) is 181 cm³/mol. The number of aromatic nitrogens is 1. The Morgan fingerprint density at radius 2 is 1.66 bits per heavy atom. The minimum Gasteiger partial charge on any atom is -0.467 e. The molecule has 0 amide bonds. The summed E-state index contributed by atoms with van der Waals surface area (Å²) in [4.78, 5) is 30.9. The maximum Gasteiger partial charge on any atom is 0.328 e. The molecule has 1 aliphatic rings. The zero-order chi connectivity index (χ0) is 30.9. The Labute approximate surface area is 264 Å². The zero-order valence-corrected chi connectivity index (χ0v) is 27.0. The van der Waals surface area contributed by atoms with Crippen LogP contribution in [-0.2, 0) is 16.0 Å². The molecule has 4 aromatic rings. The van der Waals surface area contributed by atoms with Gasteiger partial charge in [-0.2, -0.15) is 0 Å². The van der Waals surface area contributed by atoms with Gasteiger partial charge in [0.05, 0.1) is 12.6 Å². The smallest absolute Gasteiger partial charge is 0.328 e. The Morgan fingerprint density at radius 3 is 2.41 bits per heavy atom. The van der Waals surface area contributed by atoms with Crippen LogP contribution < -0.4 is 10.5 Å². The molecule has 1 fully saturated rings. The van der Waals surface area contributed by atoms with Gasteiger partial charge in [0.25, 0.3) is 5.56 Å². The quantitative estimate of drug-likeness (QED) is 0.0998. The molecule has 0 aliphatic carbocycles. The van der Waals surface area contributed by atoms with Gasteiger partial charge in [-0.05, 0) is 59.5 Å². The van der Waals surface area contributed by atoms with Crippen molar-refractivity contribution in [3.05, 3.63) is 75.6 Å². The molecule has 0 spiro atoms. The second-order valence-corrected chi connectivity index (χ2v) is 13.0. The van der Waals surface area contributed by atoms with E-state index in [4.69, 9.17) is 4.74 Å². The van der Waals surface area contributed by atoms with E-state index in [0.717, 1.165) is 90.6 Å². The number of unbranched alkanes of at least 4 members (excludes halogenated alkanes) is 7. The molecule has 0 radical (unpaired) electrons. The first-order valence-corrected chi connectivity index (χ1v) is 17.2. The van der Waals surface area contributed by atoms with Crippen LogP contribution in [0.4, 0.5) is 10.1 Å². The molecule has 2 aromatic carbocycles. The van der Waals surface area contributed by atoms with Gasteiger partial charge in [-0.25, -0.2) is 9.18 Å². The first-order valence-electron chi connectivity index (χ1n) is 16.3. The van der Waals surface area contributed by atoms with E-state index < -0.39 is 6.04 Å². The van der Waals surface area contributed by atoms with Crippen LogP contribution in [0.5, 0.6) is 0 Å². The topological polar surface area (TPSA) is 54.8 Å². The highest BCUT2D eigenvalue weighted by Gasteiger charge is 2.24.